The van der Waals surface area contributed by atoms with Crippen LogP contribution in [0.1, 0.15) is 30.4 Å². The average Bonchev–Trinajstić information content (AvgIpc) is 3.14. The van der Waals surface area contributed by atoms with Gasteiger partial charge < -0.3 is 20.1 Å². The molecule has 2 atom stereocenters. The van der Waals surface area contributed by atoms with Crippen LogP contribution in [0, 0.1) is 5.92 Å². The van der Waals surface area contributed by atoms with Gasteiger partial charge >= 0.3 is 12.1 Å². The lowest BCUT2D eigenvalue weighted by Gasteiger charge is -2.36. The third-order valence-electron chi connectivity index (χ3n) is 6.54. The SMILES string of the molecule is CC(CNC(=O)OCC1c2ccccc2-c2ccccc21)C(=O)N1CCS(=O)(=O)CC1CC(=O)O. The van der Waals surface area contributed by atoms with Crippen LogP contribution in [0.5, 0.6) is 0 Å². The number of nitrogens with zero attached hydrogens (tertiary/aromatic N) is 1. The number of carbonyl (C=O) groups is 3. The van der Waals surface area contributed by atoms with E-state index in [4.69, 9.17) is 9.84 Å². The highest BCUT2D eigenvalue weighted by atomic mass is 32.2. The molecule has 4 rings (SSSR count). The van der Waals surface area contributed by atoms with Crippen LogP contribution in [0.25, 0.3) is 11.1 Å². The molecule has 0 radical (unpaired) electrons. The second-order valence-corrected chi connectivity index (χ2v) is 11.2. The molecule has 2 aromatic carbocycles. The van der Waals surface area contributed by atoms with Crippen molar-refractivity contribution in [3.05, 3.63) is 59.7 Å². The Hall–Kier alpha value is -3.40. The minimum Gasteiger partial charge on any atom is -0.481 e. The second kappa shape index (κ2) is 10.1. The molecule has 2 aromatic rings. The maximum atomic E-state index is 12.9. The summed E-state index contributed by atoms with van der Waals surface area (Å²) in [7, 11) is -3.40. The van der Waals surface area contributed by atoms with Gasteiger partial charge in [-0.25, -0.2) is 13.2 Å². The lowest BCUT2D eigenvalue weighted by atomic mass is 9.98. The topological polar surface area (TPSA) is 130 Å². The van der Waals surface area contributed by atoms with Crippen LogP contribution in [0.15, 0.2) is 48.5 Å². The number of sulfone groups is 1. The molecule has 1 aliphatic heterocycles. The van der Waals surface area contributed by atoms with Gasteiger partial charge in [0.2, 0.25) is 5.91 Å². The molecule has 9 nitrogen and oxygen atoms in total. The summed E-state index contributed by atoms with van der Waals surface area (Å²) in [5.41, 5.74) is 4.43. The minimum atomic E-state index is -3.40. The van der Waals surface area contributed by atoms with E-state index in [0.717, 1.165) is 22.3 Å². The van der Waals surface area contributed by atoms with Gasteiger partial charge in [-0.2, -0.15) is 0 Å². The summed E-state index contributed by atoms with van der Waals surface area (Å²) in [5.74, 6) is -2.91. The zero-order valence-corrected chi connectivity index (χ0v) is 20.2. The fraction of sp³-hybridized carbons (Fsp3) is 0.400. The lowest BCUT2D eigenvalue weighted by molar-refractivity contribution is -0.141. The van der Waals surface area contributed by atoms with Gasteiger partial charge in [0.05, 0.1) is 29.9 Å². The first kappa shape index (κ1) is 24.7. The molecule has 2 amide bonds. The molecule has 0 bridgehead atoms. The Morgan fingerprint density at radius 3 is 2.29 bits per heavy atom. The average molecular weight is 501 g/mol. The summed E-state index contributed by atoms with van der Waals surface area (Å²) in [4.78, 5) is 37.8. The predicted molar refractivity (Wildman–Crippen MR) is 129 cm³/mol. The van der Waals surface area contributed by atoms with Crippen LogP contribution in [0.3, 0.4) is 0 Å². The molecule has 2 aliphatic rings. The molecule has 1 heterocycles. The highest BCUT2D eigenvalue weighted by Crippen LogP contribution is 2.44. The molecule has 1 fully saturated rings. The van der Waals surface area contributed by atoms with Gasteiger partial charge in [-0.1, -0.05) is 55.5 Å². The van der Waals surface area contributed by atoms with Crippen molar-refractivity contribution in [2.75, 3.05) is 31.2 Å². The number of hydrogen-bond donors (Lipinski definition) is 2. The van der Waals surface area contributed by atoms with E-state index < -0.39 is 46.2 Å². The maximum absolute atomic E-state index is 12.9. The van der Waals surface area contributed by atoms with Crippen molar-refractivity contribution < 1.29 is 32.6 Å². The molecule has 2 unspecified atom stereocenters. The van der Waals surface area contributed by atoms with Crippen LogP contribution in [-0.2, 0) is 24.2 Å². The van der Waals surface area contributed by atoms with E-state index in [2.05, 4.69) is 5.32 Å². The Labute approximate surface area is 204 Å². The molecule has 2 N–H and O–H groups in total. The zero-order valence-electron chi connectivity index (χ0n) is 19.3. The fourth-order valence-corrected chi connectivity index (χ4v) is 6.33. The van der Waals surface area contributed by atoms with E-state index in [-0.39, 0.29) is 37.1 Å². The lowest BCUT2D eigenvalue weighted by Crippen LogP contribution is -2.54. The molecule has 0 spiro atoms. The number of hydrogen-bond acceptors (Lipinski definition) is 6. The van der Waals surface area contributed by atoms with Gasteiger partial charge in [-0.15, -0.1) is 0 Å². The highest BCUT2D eigenvalue weighted by Gasteiger charge is 2.37. The first-order valence-corrected chi connectivity index (χ1v) is 13.3. The molecule has 10 heteroatoms. The monoisotopic (exact) mass is 500 g/mol. The quantitative estimate of drug-likeness (QED) is 0.596. The number of amides is 2. The Morgan fingerprint density at radius 2 is 1.69 bits per heavy atom. The molecule has 186 valence electrons. The van der Waals surface area contributed by atoms with Gasteiger partial charge in [-0.3, -0.25) is 9.59 Å². The number of aliphatic carboxylic acids is 1. The maximum Gasteiger partial charge on any atom is 0.407 e. The normalized spacial score (nSPS) is 19.3. The first-order valence-electron chi connectivity index (χ1n) is 11.5. The van der Waals surface area contributed by atoms with E-state index in [0.29, 0.717) is 0 Å². The van der Waals surface area contributed by atoms with Crippen molar-refractivity contribution in [3.63, 3.8) is 0 Å². The van der Waals surface area contributed by atoms with E-state index in [1.54, 1.807) is 6.92 Å². The van der Waals surface area contributed by atoms with E-state index in [1.807, 2.05) is 48.5 Å². The largest absolute Gasteiger partial charge is 0.481 e. The van der Waals surface area contributed by atoms with E-state index in [9.17, 15) is 22.8 Å². The molecular weight excluding hydrogens is 472 g/mol. The van der Waals surface area contributed by atoms with Crippen molar-refractivity contribution in [1.82, 2.24) is 10.2 Å². The van der Waals surface area contributed by atoms with Gasteiger partial charge in [0, 0.05) is 19.0 Å². The Bertz CT molecular complexity index is 1200. The van der Waals surface area contributed by atoms with Crippen LogP contribution in [0.2, 0.25) is 0 Å². The Balaban J connectivity index is 1.33. The fourth-order valence-electron chi connectivity index (χ4n) is 4.80. The smallest absolute Gasteiger partial charge is 0.407 e. The third-order valence-corrected chi connectivity index (χ3v) is 8.24. The molecular formula is C25H28N2O7S. The molecule has 35 heavy (non-hydrogen) atoms. The number of alkyl carbamates (subject to hydrolysis) is 1. The summed E-state index contributed by atoms with van der Waals surface area (Å²) in [6.45, 7) is 1.67. The summed E-state index contributed by atoms with van der Waals surface area (Å²) in [5, 5.41) is 11.7. The van der Waals surface area contributed by atoms with Crippen LogP contribution in [-0.4, -0.2) is 73.6 Å². The number of benzene rings is 2. The number of ether oxygens (including phenoxy) is 1. The van der Waals surface area contributed by atoms with E-state index in [1.165, 1.54) is 4.90 Å². The number of carboxylic acid groups (broad SMARTS) is 1. The van der Waals surface area contributed by atoms with Crippen LogP contribution in [0.4, 0.5) is 4.79 Å². The van der Waals surface area contributed by atoms with Crippen molar-refractivity contribution in [1.29, 1.82) is 0 Å². The third kappa shape index (κ3) is 5.48. The molecule has 0 saturated carbocycles. The van der Waals surface area contributed by atoms with Crippen molar-refractivity contribution in [2.45, 2.75) is 25.3 Å². The second-order valence-electron chi connectivity index (χ2n) is 9.01. The van der Waals surface area contributed by atoms with Crippen LogP contribution >= 0.6 is 0 Å². The Morgan fingerprint density at radius 1 is 1.09 bits per heavy atom. The number of carbonyl (C=O) groups excluding carboxylic acids is 2. The molecule has 0 aromatic heterocycles. The molecule has 1 saturated heterocycles. The summed E-state index contributed by atoms with van der Waals surface area (Å²) in [6, 6.07) is 15.1. The van der Waals surface area contributed by atoms with Crippen molar-refractivity contribution >= 4 is 27.8 Å². The molecule has 1 aliphatic carbocycles. The van der Waals surface area contributed by atoms with Gasteiger partial charge in [0.1, 0.15) is 6.61 Å². The Kier molecular flexibility index (Phi) is 7.11. The van der Waals surface area contributed by atoms with Crippen molar-refractivity contribution in [2.24, 2.45) is 5.92 Å². The van der Waals surface area contributed by atoms with Crippen molar-refractivity contribution in [3.8, 4) is 11.1 Å². The number of carboxylic acids is 1. The minimum absolute atomic E-state index is 0.0153. The standard InChI is InChI=1S/C25H28N2O7S/c1-16(24(30)27-10-11-35(32,33)15-17(27)12-23(28)29)13-26-25(31)34-14-22-20-8-4-2-6-18(20)19-7-3-5-9-21(19)22/h2-9,16-17,22H,10-15H2,1H3,(H,26,31)(H,28,29). The summed E-state index contributed by atoms with van der Waals surface area (Å²) in [6.07, 6.45) is -1.10. The number of fused-ring (bicyclic) bond motifs is 3. The zero-order chi connectivity index (χ0) is 25.2. The van der Waals surface area contributed by atoms with E-state index >= 15 is 0 Å². The van der Waals surface area contributed by atoms with Gasteiger partial charge in [0.15, 0.2) is 9.84 Å². The number of rotatable bonds is 7. The summed E-state index contributed by atoms with van der Waals surface area (Å²) >= 11 is 0. The summed E-state index contributed by atoms with van der Waals surface area (Å²) < 4.78 is 29.3. The first-order chi connectivity index (χ1) is 16.7. The predicted octanol–water partition coefficient (Wildman–Crippen LogP) is 2.26. The van der Waals surface area contributed by atoms with Gasteiger partial charge in [0.25, 0.3) is 0 Å². The van der Waals surface area contributed by atoms with Crippen LogP contribution < -0.4 is 5.32 Å². The number of nitrogens with one attached hydrogen (secondary N) is 1. The van der Waals surface area contributed by atoms with Gasteiger partial charge in [-0.05, 0) is 22.3 Å². The highest BCUT2D eigenvalue weighted by molar-refractivity contribution is 7.91.